The maximum atomic E-state index is 10.9. The van der Waals surface area contributed by atoms with Crippen molar-refractivity contribution in [3.63, 3.8) is 0 Å². The van der Waals surface area contributed by atoms with Crippen molar-refractivity contribution in [2.24, 2.45) is 5.84 Å². The van der Waals surface area contributed by atoms with Gasteiger partial charge in [-0.25, -0.2) is 5.84 Å². The van der Waals surface area contributed by atoms with E-state index in [1.165, 1.54) is 11.8 Å². The lowest BCUT2D eigenvalue weighted by Crippen LogP contribution is -2.31. The fraction of sp³-hybridized carbons (Fsp3) is 0.222. The third-order valence-corrected chi connectivity index (χ3v) is 3.31. The maximum absolute atomic E-state index is 10.9. The van der Waals surface area contributed by atoms with Gasteiger partial charge in [-0.3, -0.25) is 10.2 Å². The smallest absolute Gasteiger partial charge is 0.244 e. The molecular formula is C9H11ClN2OS. The zero-order chi connectivity index (χ0) is 10.6. The molecule has 0 atom stereocenters. The van der Waals surface area contributed by atoms with Gasteiger partial charge in [-0.05, 0) is 24.6 Å². The summed E-state index contributed by atoms with van der Waals surface area (Å²) in [5.41, 5.74) is 3.07. The molecule has 0 bridgehead atoms. The molecule has 0 radical (unpaired) electrons. The molecule has 0 fully saturated rings. The Morgan fingerprint density at radius 1 is 1.64 bits per heavy atom. The summed E-state index contributed by atoms with van der Waals surface area (Å²) >= 11 is 7.34. The molecule has 0 aromatic heterocycles. The average Bonchev–Trinajstić information content (AvgIpc) is 2.20. The number of thioether (sulfide) groups is 1. The van der Waals surface area contributed by atoms with Crippen LogP contribution in [-0.2, 0) is 4.79 Å². The van der Waals surface area contributed by atoms with E-state index in [-0.39, 0.29) is 5.91 Å². The van der Waals surface area contributed by atoms with Gasteiger partial charge in [-0.2, -0.15) is 0 Å². The largest absolute Gasteiger partial charge is 0.294 e. The van der Waals surface area contributed by atoms with Gasteiger partial charge in [0.05, 0.1) is 5.75 Å². The lowest BCUT2D eigenvalue weighted by molar-refractivity contribution is -0.118. The van der Waals surface area contributed by atoms with E-state index in [1.54, 1.807) is 0 Å². The molecule has 14 heavy (non-hydrogen) atoms. The van der Waals surface area contributed by atoms with Crippen LogP contribution in [0.15, 0.2) is 23.1 Å². The van der Waals surface area contributed by atoms with Gasteiger partial charge < -0.3 is 0 Å². The fourth-order valence-electron chi connectivity index (χ4n) is 0.929. The van der Waals surface area contributed by atoms with Crippen LogP contribution in [0.4, 0.5) is 0 Å². The molecule has 0 saturated carbocycles. The summed E-state index contributed by atoms with van der Waals surface area (Å²) in [6.07, 6.45) is 0. The fourth-order valence-corrected chi connectivity index (χ4v) is 2.03. The SMILES string of the molecule is Cc1c(Cl)cccc1SCC(=O)NN. The minimum absolute atomic E-state index is 0.200. The van der Waals surface area contributed by atoms with Crippen molar-refractivity contribution < 1.29 is 4.79 Å². The van der Waals surface area contributed by atoms with Gasteiger partial charge in [0.15, 0.2) is 0 Å². The highest BCUT2D eigenvalue weighted by Crippen LogP contribution is 2.27. The molecule has 3 N–H and O–H groups in total. The molecule has 76 valence electrons. The summed E-state index contributed by atoms with van der Waals surface area (Å²) in [6.45, 7) is 1.92. The second-order valence-corrected chi connectivity index (χ2v) is 4.14. The normalized spacial score (nSPS) is 9.93. The molecule has 5 heteroatoms. The van der Waals surface area contributed by atoms with Gasteiger partial charge in [0.25, 0.3) is 0 Å². The van der Waals surface area contributed by atoms with E-state index in [9.17, 15) is 4.79 Å². The minimum atomic E-state index is -0.200. The van der Waals surface area contributed by atoms with E-state index in [1.807, 2.05) is 25.1 Å². The van der Waals surface area contributed by atoms with Gasteiger partial charge in [0.1, 0.15) is 0 Å². The molecule has 0 saturated heterocycles. The van der Waals surface area contributed by atoms with Gasteiger partial charge >= 0.3 is 0 Å². The molecule has 0 heterocycles. The first-order valence-corrected chi connectivity index (χ1v) is 5.39. The number of amides is 1. The molecular weight excluding hydrogens is 220 g/mol. The Bertz CT molecular complexity index is 344. The van der Waals surface area contributed by atoms with Crippen molar-refractivity contribution in [2.45, 2.75) is 11.8 Å². The molecule has 1 amide bonds. The van der Waals surface area contributed by atoms with Crippen LogP contribution in [-0.4, -0.2) is 11.7 Å². The number of hydrogen-bond donors (Lipinski definition) is 2. The van der Waals surface area contributed by atoms with Crippen LogP contribution in [0.2, 0.25) is 5.02 Å². The summed E-state index contributed by atoms with van der Waals surface area (Å²) < 4.78 is 0. The van der Waals surface area contributed by atoms with E-state index in [0.717, 1.165) is 10.5 Å². The van der Waals surface area contributed by atoms with Gasteiger partial charge in [0, 0.05) is 9.92 Å². The Hall–Kier alpha value is -0.710. The Balaban J connectivity index is 2.68. The number of hydrogen-bond acceptors (Lipinski definition) is 3. The molecule has 1 rings (SSSR count). The predicted molar refractivity (Wildman–Crippen MR) is 59.2 cm³/mol. The number of carbonyl (C=O) groups excluding carboxylic acids is 1. The molecule has 1 aromatic carbocycles. The second-order valence-electron chi connectivity index (χ2n) is 2.72. The number of nitrogens with one attached hydrogen (secondary N) is 1. The molecule has 0 unspecified atom stereocenters. The third kappa shape index (κ3) is 2.90. The Labute approximate surface area is 92.0 Å². The predicted octanol–water partition coefficient (Wildman–Crippen LogP) is 1.73. The zero-order valence-corrected chi connectivity index (χ0v) is 9.28. The van der Waals surface area contributed by atoms with E-state index in [4.69, 9.17) is 17.4 Å². The van der Waals surface area contributed by atoms with Crippen LogP contribution in [0.25, 0.3) is 0 Å². The molecule has 0 aliphatic carbocycles. The molecule has 0 aliphatic heterocycles. The Kier molecular flexibility index (Phi) is 4.25. The van der Waals surface area contributed by atoms with E-state index in [0.29, 0.717) is 10.8 Å². The van der Waals surface area contributed by atoms with Gasteiger partial charge in [-0.15, -0.1) is 11.8 Å². The summed E-state index contributed by atoms with van der Waals surface area (Å²) in [7, 11) is 0. The monoisotopic (exact) mass is 230 g/mol. The number of benzene rings is 1. The summed E-state index contributed by atoms with van der Waals surface area (Å²) in [5.74, 6) is 5.07. The van der Waals surface area contributed by atoms with Crippen molar-refractivity contribution in [3.05, 3.63) is 28.8 Å². The summed E-state index contributed by atoms with van der Waals surface area (Å²) in [5, 5.41) is 0.711. The topological polar surface area (TPSA) is 55.1 Å². The van der Waals surface area contributed by atoms with Gasteiger partial charge in [-0.1, -0.05) is 17.7 Å². The first-order chi connectivity index (χ1) is 6.65. The Morgan fingerprint density at radius 2 is 2.36 bits per heavy atom. The maximum Gasteiger partial charge on any atom is 0.244 e. The van der Waals surface area contributed by atoms with Crippen molar-refractivity contribution >= 4 is 29.3 Å². The lowest BCUT2D eigenvalue weighted by atomic mass is 10.2. The second kappa shape index (κ2) is 5.24. The third-order valence-electron chi connectivity index (χ3n) is 1.74. The number of nitrogens with two attached hydrogens (primary N) is 1. The molecule has 3 nitrogen and oxygen atoms in total. The van der Waals surface area contributed by atoms with Crippen LogP contribution in [0.3, 0.4) is 0 Å². The van der Waals surface area contributed by atoms with Crippen LogP contribution in [0, 0.1) is 6.92 Å². The summed E-state index contributed by atoms with van der Waals surface area (Å²) in [4.78, 5) is 11.9. The van der Waals surface area contributed by atoms with Gasteiger partial charge in [0.2, 0.25) is 5.91 Å². The first kappa shape index (κ1) is 11.4. The van der Waals surface area contributed by atoms with Crippen LogP contribution >= 0.6 is 23.4 Å². The lowest BCUT2D eigenvalue weighted by Gasteiger charge is -2.05. The summed E-state index contributed by atoms with van der Waals surface area (Å²) in [6, 6.07) is 5.61. The quantitative estimate of drug-likeness (QED) is 0.360. The van der Waals surface area contributed by atoms with Crippen LogP contribution < -0.4 is 11.3 Å². The first-order valence-electron chi connectivity index (χ1n) is 4.02. The van der Waals surface area contributed by atoms with Crippen molar-refractivity contribution in [2.75, 3.05) is 5.75 Å². The van der Waals surface area contributed by atoms with E-state index < -0.39 is 0 Å². The highest BCUT2D eigenvalue weighted by Gasteiger charge is 2.05. The number of rotatable bonds is 3. The highest BCUT2D eigenvalue weighted by molar-refractivity contribution is 8.00. The van der Waals surface area contributed by atoms with E-state index in [2.05, 4.69) is 5.43 Å². The van der Waals surface area contributed by atoms with E-state index >= 15 is 0 Å². The average molecular weight is 231 g/mol. The van der Waals surface area contributed by atoms with Crippen molar-refractivity contribution in [1.29, 1.82) is 0 Å². The Morgan fingerprint density at radius 3 is 3.00 bits per heavy atom. The number of halogens is 1. The van der Waals surface area contributed by atoms with Crippen molar-refractivity contribution in [3.8, 4) is 0 Å². The highest BCUT2D eigenvalue weighted by atomic mass is 35.5. The molecule has 1 aromatic rings. The standard InChI is InChI=1S/C9H11ClN2OS/c1-6-7(10)3-2-4-8(6)14-5-9(13)12-11/h2-4H,5,11H2,1H3,(H,12,13). The molecule has 0 aliphatic rings. The minimum Gasteiger partial charge on any atom is -0.294 e. The zero-order valence-electron chi connectivity index (χ0n) is 7.71. The van der Waals surface area contributed by atoms with Crippen LogP contribution in [0.1, 0.15) is 5.56 Å². The number of carbonyl (C=O) groups is 1. The molecule has 0 spiro atoms. The van der Waals surface area contributed by atoms with Crippen molar-refractivity contribution in [1.82, 2.24) is 5.43 Å². The van der Waals surface area contributed by atoms with Crippen LogP contribution in [0.5, 0.6) is 0 Å². The number of hydrazine groups is 1.